The number of carbonyl (C=O) groups is 1. The highest BCUT2D eigenvalue weighted by Crippen LogP contribution is 2.16. The minimum Gasteiger partial charge on any atom is -0.460 e. The Labute approximate surface area is 103 Å². The third-order valence-corrected chi connectivity index (χ3v) is 2.15. The maximum absolute atomic E-state index is 13.0. The van der Waals surface area contributed by atoms with E-state index in [1.54, 1.807) is 26.8 Å². The van der Waals surface area contributed by atoms with E-state index in [1.165, 1.54) is 12.1 Å². The van der Waals surface area contributed by atoms with Crippen molar-refractivity contribution in [3.05, 3.63) is 34.1 Å². The second-order valence-electron chi connectivity index (χ2n) is 4.54. The molecule has 0 amide bonds. The summed E-state index contributed by atoms with van der Waals surface area (Å²) in [6, 6.07) is 4.38. The number of esters is 1. The lowest BCUT2D eigenvalue weighted by Crippen LogP contribution is -2.24. The molecule has 0 radical (unpaired) electrons. The van der Waals surface area contributed by atoms with Crippen LogP contribution < -0.4 is 0 Å². The zero-order chi connectivity index (χ0) is 12.3. The summed E-state index contributed by atoms with van der Waals surface area (Å²) in [5.41, 5.74) is 0.0860. The lowest BCUT2D eigenvalue weighted by molar-refractivity contribution is -0.153. The number of benzene rings is 1. The smallest absolute Gasteiger partial charge is 0.310 e. The highest BCUT2D eigenvalue weighted by molar-refractivity contribution is 9.10. The molecule has 0 saturated heterocycles. The number of rotatable bonds is 2. The van der Waals surface area contributed by atoms with Gasteiger partial charge >= 0.3 is 5.97 Å². The zero-order valence-electron chi connectivity index (χ0n) is 9.51. The number of hydrogen-bond acceptors (Lipinski definition) is 2. The van der Waals surface area contributed by atoms with Gasteiger partial charge in [0.1, 0.15) is 11.4 Å². The van der Waals surface area contributed by atoms with Crippen LogP contribution in [0.15, 0.2) is 22.7 Å². The van der Waals surface area contributed by atoms with E-state index in [0.717, 1.165) is 0 Å². The van der Waals surface area contributed by atoms with Crippen LogP contribution in [0.4, 0.5) is 4.39 Å². The van der Waals surface area contributed by atoms with Crippen molar-refractivity contribution in [3.63, 3.8) is 0 Å². The van der Waals surface area contributed by atoms with Crippen LogP contribution in [0, 0.1) is 5.82 Å². The zero-order valence-corrected chi connectivity index (χ0v) is 11.1. The van der Waals surface area contributed by atoms with E-state index >= 15 is 0 Å². The number of carbonyl (C=O) groups excluding carboxylic acids is 1. The topological polar surface area (TPSA) is 26.3 Å². The van der Waals surface area contributed by atoms with E-state index in [-0.39, 0.29) is 18.2 Å². The molecule has 0 unspecified atom stereocenters. The van der Waals surface area contributed by atoms with Crippen molar-refractivity contribution in [2.24, 2.45) is 0 Å². The Hall–Kier alpha value is -0.900. The summed E-state index contributed by atoms with van der Waals surface area (Å²) in [4.78, 5) is 11.5. The second kappa shape index (κ2) is 4.95. The van der Waals surface area contributed by atoms with Crippen molar-refractivity contribution < 1.29 is 13.9 Å². The molecule has 1 aromatic rings. The molecule has 0 fully saturated rings. The van der Waals surface area contributed by atoms with Crippen LogP contribution in [0.2, 0.25) is 0 Å². The highest BCUT2D eigenvalue weighted by Gasteiger charge is 2.16. The fourth-order valence-corrected chi connectivity index (χ4v) is 1.77. The van der Waals surface area contributed by atoms with E-state index in [9.17, 15) is 9.18 Å². The lowest BCUT2D eigenvalue weighted by Gasteiger charge is -2.19. The molecule has 16 heavy (non-hydrogen) atoms. The molecule has 1 aromatic carbocycles. The average Bonchev–Trinajstić information content (AvgIpc) is 1.96. The van der Waals surface area contributed by atoms with E-state index in [2.05, 4.69) is 15.9 Å². The van der Waals surface area contributed by atoms with Crippen LogP contribution in [0.5, 0.6) is 0 Å². The summed E-state index contributed by atoms with van der Waals surface area (Å²) in [6.45, 7) is 5.39. The predicted octanol–water partition coefficient (Wildman–Crippen LogP) is 3.47. The van der Waals surface area contributed by atoms with Gasteiger partial charge in [-0.05, 0) is 44.5 Å². The summed E-state index contributed by atoms with van der Waals surface area (Å²) < 4.78 is 18.8. The van der Waals surface area contributed by atoms with E-state index in [0.29, 0.717) is 10.0 Å². The normalized spacial score (nSPS) is 11.3. The van der Waals surface area contributed by atoms with Crippen LogP contribution in [0.3, 0.4) is 0 Å². The molecule has 4 heteroatoms. The van der Waals surface area contributed by atoms with Gasteiger partial charge in [-0.25, -0.2) is 4.39 Å². The van der Waals surface area contributed by atoms with Gasteiger partial charge in [0.25, 0.3) is 0 Å². The molecule has 2 nitrogen and oxygen atoms in total. The van der Waals surface area contributed by atoms with E-state index < -0.39 is 5.60 Å². The number of halogens is 2. The van der Waals surface area contributed by atoms with Gasteiger partial charge in [0.2, 0.25) is 0 Å². The van der Waals surface area contributed by atoms with Crippen molar-refractivity contribution >= 4 is 21.9 Å². The summed E-state index contributed by atoms with van der Waals surface area (Å²) in [6.07, 6.45) is 0.0770. The molecule has 88 valence electrons. The van der Waals surface area contributed by atoms with Crippen LogP contribution >= 0.6 is 15.9 Å². The summed E-state index contributed by atoms with van der Waals surface area (Å²) in [5.74, 6) is -0.724. The minimum absolute atomic E-state index is 0.0770. The maximum Gasteiger partial charge on any atom is 0.310 e. The lowest BCUT2D eigenvalue weighted by atomic mass is 10.1. The third kappa shape index (κ3) is 4.75. The highest BCUT2D eigenvalue weighted by atomic mass is 79.9. The van der Waals surface area contributed by atoms with E-state index in [1.807, 2.05) is 0 Å². The van der Waals surface area contributed by atoms with E-state index in [4.69, 9.17) is 4.74 Å². The Morgan fingerprint density at radius 1 is 1.38 bits per heavy atom. The van der Waals surface area contributed by atoms with Crippen molar-refractivity contribution in [1.82, 2.24) is 0 Å². The Balaban J connectivity index is 2.70. The quantitative estimate of drug-likeness (QED) is 0.779. The van der Waals surface area contributed by atoms with Crippen LogP contribution in [0.25, 0.3) is 0 Å². The Morgan fingerprint density at radius 3 is 2.50 bits per heavy atom. The number of ether oxygens (including phenoxy) is 1. The van der Waals surface area contributed by atoms with Crippen molar-refractivity contribution in [2.75, 3.05) is 0 Å². The van der Waals surface area contributed by atoms with Gasteiger partial charge in [-0.3, -0.25) is 4.79 Å². The second-order valence-corrected chi connectivity index (χ2v) is 5.46. The maximum atomic E-state index is 13.0. The van der Waals surface area contributed by atoms with Gasteiger partial charge in [0, 0.05) is 4.47 Å². The van der Waals surface area contributed by atoms with Gasteiger partial charge in [0.15, 0.2) is 0 Å². The molecule has 0 aromatic heterocycles. The van der Waals surface area contributed by atoms with Gasteiger partial charge in [-0.1, -0.05) is 15.9 Å². The SMILES string of the molecule is CC(C)(C)OC(=O)Cc1cc(F)cc(Br)c1. The van der Waals surface area contributed by atoms with Crippen molar-refractivity contribution in [2.45, 2.75) is 32.8 Å². The fourth-order valence-electron chi connectivity index (χ4n) is 1.26. The van der Waals surface area contributed by atoms with Gasteiger partial charge < -0.3 is 4.74 Å². The molecule has 0 spiro atoms. The molecule has 0 heterocycles. The monoisotopic (exact) mass is 288 g/mol. The molecule has 0 bridgehead atoms. The predicted molar refractivity (Wildman–Crippen MR) is 63.6 cm³/mol. The molecule has 0 aliphatic rings. The number of hydrogen-bond donors (Lipinski definition) is 0. The van der Waals surface area contributed by atoms with Crippen molar-refractivity contribution in [3.8, 4) is 0 Å². The first-order valence-electron chi connectivity index (χ1n) is 4.93. The van der Waals surface area contributed by atoms with Gasteiger partial charge in [0.05, 0.1) is 6.42 Å². The first-order valence-corrected chi connectivity index (χ1v) is 5.72. The van der Waals surface area contributed by atoms with Crippen LogP contribution in [-0.4, -0.2) is 11.6 Å². The fraction of sp³-hybridized carbons (Fsp3) is 0.417. The standard InChI is InChI=1S/C12H14BrFO2/c1-12(2,3)16-11(15)6-8-4-9(13)7-10(14)5-8/h4-5,7H,6H2,1-3H3. The first-order chi connectivity index (χ1) is 7.26. The van der Waals surface area contributed by atoms with Gasteiger partial charge in [-0.2, -0.15) is 0 Å². The minimum atomic E-state index is -0.512. The molecule has 0 aliphatic carbocycles. The third-order valence-electron chi connectivity index (χ3n) is 1.69. The Kier molecular flexibility index (Phi) is 4.08. The summed E-state index contributed by atoms with van der Waals surface area (Å²) in [5, 5.41) is 0. The van der Waals surface area contributed by atoms with Crippen LogP contribution in [0.1, 0.15) is 26.3 Å². The van der Waals surface area contributed by atoms with Crippen molar-refractivity contribution in [1.29, 1.82) is 0 Å². The Bertz CT molecular complexity index is 376. The average molecular weight is 289 g/mol. The molecule has 0 atom stereocenters. The van der Waals surface area contributed by atoms with Gasteiger partial charge in [-0.15, -0.1) is 0 Å². The largest absolute Gasteiger partial charge is 0.460 e. The molecule has 0 N–H and O–H groups in total. The first kappa shape index (κ1) is 13.2. The molecule has 1 rings (SSSR count). The van der Waals surface area contributed by atoms with Crippen LogP contribution in [-0.2, 0) is 16.0 Å². The molecular weight excluding hydrogens is 275 g/mol. The molecule has 0 aliphatic heterocycles. The summed E-state index contributed by atoms with van der Waals surface area (Å²) >= 11 is 3.17. The molecular formula is C12H14BrFO2. The summed E-state index contributed by atoms with van der Waals surface area (Å²) in [7, 11) is 0. The molecule has 0 saturated carbocycles. The Morgan fingerprint density at radius 2 is 2.00 bits per heavy atom.